The van der Waals surface area contributed by atoms with E-state index >= 15 is 0 Å². The first-order chi connectivity index (χ1) is 1.41. The fraction of sp³-hybridized carbons (Fsp3) is 0.500. The number of hydrogen-bond donors (Lipinski definition) is 3. The van der Waals surface area contributed by atoms with Gasteiger partial charge in [0.25, 0.3) is 0 Å². The largest absolute Gasteiger partial charge is 1.00 e. The lowest BCUT2D eigenvalue weighted by Gasteiger charge is -1.21. The van der Waals surface area contributed by atoms with Crippen LogP contribution >= 0.6 is 0 Å². The molecule has 6 heteroatoms. The maximum absolute atomic E-state index is 4.72. The number of nitrogens with two attached hydrogens (primary N) is 1. The van der Waals surface area contributed by atoms with E-state index in [-0.39, 0.29) is 26.4 Å². The molecule has 0 spiro atoms. The second kappa shape index (κ2) is 1280. The van der Waals surface area contributed by atoms with E-state index in [2.05, 4.69) is 0 Å². The van der Waals surface area contributed by atoms with Gasteiger partial charge in [-0.25, -0.2) is 0 Å². The van der Waals surface area contributed by atoms with Crippen molar-refractivity contribution in [3.8, 4) is 0 Å². The van der Waals surface area contributed by atoms with Gasteiger partial charge >= 0.3 is 0 Å². The molecule has 0 saturated carbocycles. The molecule has 0 amide bonds. The molecule has 0 radical (unpaired) electrons. The van der Waals surface area contributed by atoms with E-state index in [1.807, 2.05) is 0 Å². The third-order valence-electron chi connectivity index (χ3n) is 0. The zero-order valence-electron chi connectivity index (χ0n) is 5.29. The lowest BCUT2D eigenvalue weighted by Crippen LogP contribution is -3.00. The van der Waals surface area contributed by atoms with Crippen molar-refractivity contribution in [1.82, 2.24) is 12.3 Å². The lowest BCUT2D eigenvalue weighted by atomic mass is 10.9. The summed E-state index contributed by atoms with van der Waals surface area (Å²) in [5.74, 6) is 0. The van der Waals surface area contributed by atoms with E-state index in [1.54, 1.807) is 6.92 Å². The molecule has 0 rings (SSSR count). The second-order valence-corrected chi connectivity index (χ2v) is 0.333. The third-order valence-corrected chi connectivity index (χ3v) is 0. The Morgan fingerprint density at radius 3 is 1.00 bits per heavy atom. The quantitative estimate of drug-likeness (QED) is 0.276. The van der Waals surface area contributed by atoms with Gasteiger partial charge in [0.2, 0.25) is 0 Å². The van der Waals surface area contributed by atoms with Gasteiger partial charge in [0.05, 0.1) is 0 Å². The molecule has 3 nitrogen and oxygen atoms in total. The molecule has 0 aliphatic heterocycles. The first-order valence-corrected chi connectivity index (χ1v) is 0.911. The van der Waals surface area contributed by atoms with Crippen LogP contribution in [0.25, 0.3) is 0 Å². The molecule has 0 fully saturated rings. The van der Waals surface area contributed by atoms with Gasteiger partial charge in [-0.05, 0) is 0 Å². The van der Waals surface area contributed by atoms with Crippen molar-refractivity contribution < 1.29 is 19.5 Å². The highest BCUT2D eigenvalue weighted by molar-refractivity contribution is 5.44. The Labute approximate surface area is 46.2 Å². The van der Waals surface area contributed by atoms with Crippen LogP contribution in [0.1, 0.15) is 6.92 Å². The summed E-state index contributed by atoms with van der Waals surface area (Å²) >= 11 is 0. The average Bonchev–Trinajstić information content (AvgIpc) is 0.918. The molecular weight excluding hydrogens is 123 g/mol. The lowest BCUT2D eigenvalue weighted by molar-refractivity contribution is -0.106. The van der Waals surface area contributed by atoms with Crippen LogP contribution in [0.5, 0.6) is 0 Å². The molecule has 0 aliphatic carbocycles. The van der Waals surface area contributed by atoms with Crippen LogP contribution in [0.2, 0.25) is 0 Å². The monoisotopic (exact) mass is 137 g/mol. The Morgan fingerprint density at radius 2 is 1.00 bits per heavy atom. The van der Waals surface area contributed by atoms with Crippen molar-refractivity contribution >= 4 is 6.21 Å². The molecule has 0 aliphatic rings. The molecule has 0 bridgehead atoms. The molecule has 0 saturated heterocycles. The van der Waals surface area contributed by atoms with Crippen LogP contribution in [-0.2, 0) is 0 Å². The molecule has 10 N–H and O–H groups in total. The van der Waals surface area contributed by atoms with Gasteiger partial charge in [-0.3, -0.25) is 5.41 Å². The van der Waals surface area contributed by atoms with Crippen LogP contribution < -0.4 is 31.8 Å². The van der Waals surface area contributed by atoms with Gasteiger partial charge in [-0.2, -0.15) is 0 Å². The van der Waals surface area contributed by atoms with Crippen LogP contribution in [-0.4, -0.2) is 6.21 Å². The summed E-state index contributed by atoms with van der Waals surface area (Å²) in [7, 11) is 0. The van der Waals surface area contributed by atoms with Crippen molar-refractivity contribution in [1.29, 1.82) is 0 Å². The van der Waals surface area contributed by atoms with Crippen LogP contribution in [0, 0.1) is 0 Å². The Balaban J connectivity index is -0.00000000200. The average molecular weight is 137 g/mol. The Hall–Kier alpha value is -0.620. The van der Waals surface area contributed by atoms with Crippen LogP contribution in [0.3, 0.4) is 0 Å². The SMILES string of the molecule is CC=[NH2+].[F-].[F-].[F-].[NH4+].[NH4+]. The highest BCUT2D eigenvalue weighted by Crippen LogP contribution is 1.03. The maximum atomic E-state index is 4.72. The first kappa shape index (κ1) is 158. The summed E-state index contributed by atoms with van der Waals surface area (Å²) < 4.78 is 0. The molecule has 8 heavy (non-hydrogen) atoms. The first-order valence-electron chi connectivity index (χ1n) is 0.911. The molecule has 0 aromatic rings. The third kappa shape index (κ3) is 269. The summed E-state index contributed by atoms with van der Waals surface area (Å²) in [4.78, 5) is 0. The van der Waals surface area contributed by atoms with Gasteiger partial charge < -0.3 is 26.4 Å². The molecule has 0 unspecified atom stereocenters. The van der Waals surface area contributed by atoms with E-state index in [1.165, 1.54) is 6.21 Å². The Kier molecular flexibility index (Phi) is 25200. The Morgan fingerprint density at radius 1 is 1.00 bits per heavy atom. The highest BCUT2D eigenvalue weighted by atomic mass is 19.0. The minimum absolute atomic E-state index is 0. The summed E-state index contributed by atoms with van der Waals surface area (Å²) in [6.45, 7) is 1.78. The van der Waals surface area contributed by atoms with Gasteiger partial charge in [-0.15, -0.1) is 0 Å². The van der Waals surface area contributed by atoms with Gasteiger partial charge in [0.15, 0.2) is 0 Å². The second-order valence-electron chi connectivity index (χ2n) is 0.333. The van der Waals surface area contributed by atoms with Crippen LogP contribution in [0.15, 0.2) is 0 Å². The van der Waals surface area contributed by atoms with E-state index < -0.39 is 0 Å². The topological polar surface area (TPSA) is 98.6 Å². The summed E-state index contributed by atoms with van der Waals surface area (Å²) in [5, 5.41) is 4.72. The number of halogens is 3. The molecular formula is C2H14F3N3. The normalized spacial score (nSPS) is 1.62. The number of quaternary nitrogens is 2. The highest BCUT2D eigenvalue weighted by Gasteiger charge is 1.26. The van der Waals surface area contributed by atoms with Crippen molar-refractivity contribution in [3.05, 3.63) is 0 Å². The van der Waals surface area contributed by atoms with Crippen molar-refractivity contribution in [2.45, 2.75) is 6.92 Å². The predicted octanol–water partition coefficient (Wildman–Crippen LogP) is -9.40. The molecule has 0 aromatic carbocycles. The standard InChI is InChI=1S/C2H5N.3FH.2H3N/c1-2-3;;;;;/h2-3H,1H3;3*1H;2*1H3. The van der Waals surface area contributed by atoms with E-state index in [4.69, 9.17) is 5.41 Å². The molecule has 58 valence electrons. The molecule has 0 aromatic heterocycles. The fourth-order valence-corrected chi connectivity index (χ4v) is 0. The van der Waals surface area contributed by atoms with E-state index in [0.717, 1.165) is 0 Å². The summed E-state index contributed by atoms with van der Waals surface area (Å²) in [5.41, 5.74) is 0. The molecule has 0 heterocycles. The predicted molar refractivity (Wildman–Crippen MR) is 25.6 cm³/mol. The Bertz CT molecular complexity index is 20.0. The minimum Gasteiger partial charge on any atom is -1.00 e. The summed E-state index contributed by atoms with van der Waals surface area (Å²) in [6.07, 6.45) is 1.50. The summed E-state index contributed by atoms with van der Waals surface area (Å²) in [6, 6.07) is 0. The number of hydrogen-bond acceptors (Lipinski definition) is 0. The zero-order valence-corrected chi connectivity index (χ0v) is 5.29. The van der Waals surface area contributed by atoms with Crippen molar-refractivity contribution in [2.24, 2.45) is 0 Å². The minimum atomic E-state index is 0. The van der Waals surface area contributed by atoms with Crippen molar-refractivity contribution in [2.75, 3.05) is 0 Å². The fourth-order valence-electron chi connectivity index (χ4n) is 0. The van der Waals surface area contributed by atoms with Crippen molar-refractivity contribution in [3.63, 3.8) is 0 Å². The van der Waals surface area contributed by atoms with Gasteiger partial charge in [0, 0.05) is 6.92 Å². The smallest absolute Gasteiger partial charge is 0.133 e. The molecule has 0 atom stereocenters. The van der Waals surface area contributed by atoms with Crippen LogP contribution in [0.4, 0.5) is 0 Å². The van der Waals surface area contributed by atoms with Gasteiger partial charge in [0.1, 0.15) is 6.21 Å². The van der Waals surface area contributed by atoms with E-state index in [9.17, 15) is 0 Å². The number of rotatable bonds is 0. The maximum Gasteiger partial charge on any atom is 0.133 e. The van der Waals surface area contributed by atoms with E-state index in [0.29, 0.717) is 0 Å². The zero-order chi connectivity index (χ0) is 2.71. The van der Waals surface area contributed by atoms with Gasteiger partial charge in [-0.1, -0.05) is 0 Å².